The number of anilines is 1. The molecule has 1 heterocycles. The maximum Gasteiger partial charge on any atom is 0.251 e. The topological polar surface area (TPSA) is 119 Å². The summed E-state index contributed by atoms with van der Waals surface area (Å²) in [5, 5.41) is 44.2. The van der Waals surface area contributed by atoms with Gasteiger partial charge in [-0.2, -0.15) is 0 Å². The van der Waals surface area contributed by atoms with E-state index in [4.69, 9.17) is 4.74 Å². The Kier molecular flexibility index (Phi) is 11.4. The van der Waals surface area contributed by atoms with Crippen molar-refractivity contribution in [2.75, 3.05) is 25.6 Å². The Morgan fingerprint density at radius 1 is 1.11 bits per heavy atom. The van der Waals surface area contributed by atoms with Crippen molar-refractivity contribution in [3.05, 3.63) is 47.1 Å². The smallest absolute Gasteiger partial charge is 0.251 e. The molecule has 35 heavy (non-hydrogen) atoms. The van der Waals surface area contributed by atoms with Crippen molar-refractivity contribution in [2.45, 2.75) is 65.6 Å². The first kappa shape index (κ1) is 29.0. The van der Waals surface area contributed by atoms with Gasteiger partial charge in [0, 0.05) is 43.7 Å². The highest BCUT2D eigenvalue weighted by molar-refractivity contribution is 6.04. The van der Waals surface area contributed by atoms with Crippen LogP contribution in [0.25, 0.3) is 0 Å². The van der Waals surface area contributed by atoms with Crippen molar-refractivity contribution in [3.8, 4) is 5.75 Å². The molecule has 1 aromatic carbocycles. The lowest BCUT2D eigenvalue weighted by Gasteiger charge is -2.29. The Morgan fingerprint density at radius 2 is 1.80 bits per heavy atom. The van der Waals surface area contributed by atoms with Gasteiger partial charge in [0.05, 0.1) is 17.9 Å². The number of amides is 1. The summed E-state index contributed by atoms with van der Waals surface area (Å²) in [5.41, 5.74) is 2.76. The second-order valence-electron chi connectivity index (χ2n) is 10.1. The zero-order valence-electron chi connectivity index (χ0n) is 21.7. The summed E-state index contributed by atoms with van der Waals surface area (Å²) in [5.74, 6) is -0.825. The van der Waals surface area contributed by atoms with Crippen LogP contribution in [0.15, 0.2) is 41.5 Å². The molecule has 0 aliphatic carbocycles. The van der Waals surface area contributed by atoms with E-state index in [-0.39, 0.29) is 54.6 Å². The fourth-order valence-corrected chi connectivity index (χ4v) is 5.09. The molecule has 1 aromatic rings. The van der Waals surface area contributed by atoms with Crippen LogP contribution in [0.1, 0.15) is 52.5 Å². The number of hydrogen-bond acceptors (Lipinski definition) is 6. The summed E-state index contributed by atoms with van der Waals surface area (Å²) < 4.78 is 5.72. The Balaban J connectivity index is 2.42. The summed E-state index contributed by atoms with van der Waals surface area (Å²) >= 11 is 0. The number of methoxy groups -OCH3 is 1. The number of nitrogens with one attached hydrogen (secondary N) is 1. The predicted molar refractivity (Wildman–Crippen MR) is 138 cm³/mol. The molecule has 0 aromatic heterocycles. The standard InChI is InChI=1S/C28H43NO6/c1-17-11-21-9-10-25(32)24(14-21)29-28(34)18(2)7-6-8-22(15-30)27(35-5)20(4)13-19(3)26(33)23(12-17)16-31/h7,9-10,13-14,17,19,22-23,26-27,30-33H,6,8,11-12,15-16H2,1-5H3,(H,29,34)/b18-7+,20-13+/t17-,19+,22+,23+,26-,27-/m0/s1. The average Bonchev–Trinajstić information content (AvgIpc) is 2.82. The van der Waals surface area contributed by atoms with Crippen molar-refractivity contribution in [1.82, 2.24) is 0 Å². The van der Waals surface area contributed by atoms with Crippen LogP contribution in [0.4, 0.5) is 5.69 Å². The molecule has 2 rings (SSSR count). The number of rotatable bonds is 3. The summed E-state index contributed by atoms with van der Waals surface area (Å²) in [6.45, 7) is 7.46. The number of aliphatic hydroxyl groups is 3. The summed E-state index contributed by atoms with van der Waals surface area (Å²) in [6.07, 6.45) is 5.23. The third-order valence-electron chi connectivity index (χ3n) is 7.09. The molecule has 7 heteroatoms. The number of carbonyl (C=O) groups excluding carboxylic acids is 1. The summed E-state index contributed by atoms with van der Waals surface area (Å²) in [6, 6.07) is 5.17. The molecule has 6 atom stereocenters. The molecule has 1 amide bonds. The molecule has 5 N–H and O–H groups in total. The van der Waals surface area contributed by atoms with E-state index in [0.717, 1.165) is 11.1 Å². The van der Waals surface area contributed by atoms with Gasteiger partial charge in [0.1, 0.15) is 5.75 Å². The van der Waals surface area contributed by atoms with Gasteiger partial charge in [-0.1, -0.05) is 32.1 Å². The van der Waals surface area contributed by atoms with Crippen LogP contribution in [0.3, 0.4) is 0 Å². The Bertz CT molecular complexity index is 895. The number of fused-ring (bicyclic) bond motifs is 2. The normalized spacial score (nSPS) is 32.7. The molecular formula is C28H43NO6. The third kappa shape index (κ3) is 8.17. The molecule has 0 fully saturated rings. The number of aromatic hydroxyl groups is 1. The SMILES string of the molecule is CO[C@H]1/C(C)=C/[C@@H](C)[C@H](O)[C@@H](CO)C[C@@H](C)Cc2ccc(O)c(c2)NC(=O)/C(C)=C/CC[C@@H]1CO. The van der Waals surface area contributed by atoms with Gasteiger partial charge < -0.3 is 30.5 Å². The maximum atomic E-state index is 12.7. The molecule has 1 aliphatic heterocycles. The van der Waals surface area contributed by atoms with Gasteiger partial charge in [-0.15, -0.1) is 0 Å². The van der Waals surface area contributed by atoms with Gasteiger partial charge in [-0.25, -0.2) is 0 Å². The van der Waals surface area contributed by atoms with Crippen LogP contribution >= 0.6 is 0 Å². The van der Waals surface area contributed by atoms with Crippen LogP contribution in [0, 0.1) is 23.7 Å². The summed E-state index contributed by atoms with van der Waals surface area (Å²) in [4.78, 5) is 12.7. The minimum absolute atomic E-state index is 0.00393. The molecule has 0 spiro atoms. The van der Waals surface area contributed by atoms with Gasteiger partial charge in [-0.3, -0.25) is 4.79 Å². The van der Waals surface area contributed by atoms with E-state index in [2.05, 4.69) is 12.2 Å². The van der Waals surface area contributed by atoms with E-state index >= 15 is 0 Å². The van der Waals surface area contributed by atoms with Crippen LogP contribution in [-0.4, -0.2) is 58.9 Å². The highest BCUT2D eigenvalue weighted by Crippen LogP contribution is 2.30. The van der Waals surface area contributed by atoms with E-state index < -0.39 is 6.10 Å². The molecule has 0 saturated heterocycles. The van der Waals surface area contributed by atoms with Crippen LogP contribution in [0.2, 0.25) is 0 Å². The van der Waals surface area contributed by atoms with E-state index in [9.17, 15) is 25.2 Å². The average molecular weight is 490 g/mol. The molecule has 0 unspecified atom stereocenters. The van der Waals surface area contributed by atoms with Gasteiger partial charge in [0.15, 0.2) is 0 Å². The third-order valence-corrected chi connectivity index (χ3v) is 7.09. The molecule has 0 saturated carbocycles. The number of phenolic OH excluding ortho intramolecular Hbond substituents is 1. The number of aliphatic hydroxyl groups excluding tert-OH is 3. The molecule has 2 bridgehead atoms. The van der Waals surface area contributed by atoms with Gasteiger partial charge in [0.2, 0.25) is 0 Å². The fourth-order valence-electron chi connectivity index (χ4n) is 5.09. The maximum absolute atomic E-state index is 12.7. The number of phenols is 1. The predicted octanol–water partition coefficient (Wildman–Crippen LogP) is 3.81. The van der Waals surface area contributed by atoms with Crippen LogP contribution < -0.4 is 5.32 Å². The van der Waals surface area contributed by atoms with Crippen molar-refractivity contribution < 1.29 is 30.0 Å². The molecule has 1 aliphatic rings. The highest BCUT2D eigenvalue weighted by Gasteiger charge is 2.28. The lowest BCUT2D eigenvalue weighted by Crippen LogP contribution is -2.32. The number of allylic oxidation sites excluding steroid dienone is 1. The minimum atomic E-state index is -0.732. The van der Waals surface area contributed by atoms with Crippen LogP contribution in [0.5, 0.6) is 5.75 Å². The second-order valence-corrected chi connectivity index (χ2v) is 10.1. The van der Waals surface area contributed by atoms with E-state index in [1.165, 1.54) is 0 Å². The van der Waals surface area contributed by atoms with Crippen molar-refractivity contribution >= 4 is 11.6 Å². The lowest BCUT2D eigenvalue weighted by molar-refractivity contribution is -0.112. The lowest BCUT2D eigenvalue weighted by atomic mass is 9.82. The quantitative estimate of drug-likeness (QED) is 0.325. The second kappa shape index (κ2) is 13.8. The molecular weight excluding hydrogens is 446 g/mol. The van der Waals surface area contributed by atoms with Gasteiger partial charge in [0.25, 0.3) is 5.91 Å². The number of benzene rings is 1. The van der Waals surface area contributed by atoms with Gasteiger partial charge >= 0.3 is 0 Å². The molecule has 7 nitrogen and oxygen atoms in total. The fraction of sp³-hybridized carbons (Fsp3) is 0.607. The summed E-state index contributed by atoms with van der Waals surface area (Å²) in [7, 11) is 1.61. The number of carbonyl (C=O) groups is 1. The van der Waals surface area contributed by atoms with Crippen molar-refractivity contribution in [1.29, 1.82) is 0 Å². The highest BCUT2D eigenvalue weighted by atomic mass is 16.5. The Hall–Kier alpha value is -2.19. The zero-order valence-corrected chi connectivity index (χ0v) is 21.7. The number of hydrogen-bond donors (Lipinski definition) is 5. The minimum Gasteiger partial charge on any atom is -0.506 e. The number of ether oxygens (including phenoxy) is 1. The van der Waals surface area contributed by atoms with Crippen molar-refractivity contribution in [2.24, 2.45) is 23.7 Å². The monoisotopic (exact) mass is 489 g/mol. The van der Waals surface area contributed by atoms with E-state index in [1.807, 2.05) is 32.1 Å². The zero-order chi connectivity index (χ0) is 26.1. The Morgan fingerprint density at radius 3 is 2.43 bits per heavy atom. The van der Waals surface area contributed by atoms with Crippen molar-refractivity contribution in [3.63, 3.8) is 0 Å². The first-order chi connectivity index (χ1) is 16.6. The Labute approximate surface area is 209 Å². The largest absolute Gasteiger partial charge is 0.506 e. The first-order valence-electron chi connectivity index (χ1n) is 12.5. The van der Waals surface area contributed by atoms with Gasteiger partial charge in [-0.05, 0) is 68.7 Å². The van der Waals surface area contributed by atoms with E-state index in [0.29, 0.717) is 36.9 Å². The first-order valence-corrected chi connectivity index (χ1v) is 12.5. The molecule has 0 radical (unpaired) electrons. The molecule has 196 valence electrons. The van der Waals surface area contributed by atoms with Crippen LogP contribution in [-0.2, 0) is 16.0 Å². The van der Waals surface area contributed by atoms with E-state index in [1.54, 1.807) is 26.2 Å².